The number of benzene rings is 1. The van der Waals surface area contributed by atoms with E-state index in [0.717, 1.165) is 21.0 Å². The number of aromatic amines is 1. The van der Waals surface area contributed by atoms with Crippen molar-refractivity contribution in [1.29, 1.82) is 5.26 Å². The van der Waals surface area contributed by atoms with E-state index in [-0.39, 0.29) is 5.69 Å². The molecule has 2 aromatic heterocycles. The van der Waals surface area contributed by atoms with Crippen LogP contribution in [0.15, 0.2) is 29.6 Å². The quantitative estimate of drug-likeness (QED) is 0.532. The Labute approximate surface area is 190 Å². The number of thiazole rings is 1. The average Bonchev–Trinajstić information content (AvgIpc) is 3.56. The molecular formula is C20H18F2N8O2S. The van der Waals surface area contributed by atoms with Gasteiger partial charge in [0.2, 0.25) is 11.7 Å². The molecule has 3 heterocycles. The summed E-state index contributed by atoms with van der Waals surface area (Å²) >= 11 is 1.32. The molecule has 0 bridgehead atoms. The van der Waals surface area contributed by atoms with Gasteiger partial charge in [0.15, 0.2) is 0 Å². The number of amides is 2. The number of carbonyl (C=O) groups excluding carboxylic acids is 2. The summed E-state index contributed by atoms with van der Waals surface area (Å²) in [5.74, 6) is -3.89. The van der Waals surface area contributed by atoms with Crippen LogP contribution in [0.2, 0.25) is 0 Å². The number of rotatable bonds is 7. The molecule has 1 saturated heterocycles. The standard InChI is InChI=1S/C20H18F2N8O2S/c21-20(22)7-14(8-23)30(11-20)17(31)9-24-19(32)15-10-33-16(25-15)6-3-12-1-4-13(5-2-12)18-26-28-29-27-18/h1-2,4-5,10,14H,3,6-7,9,11H2,(H,24,32)(H,26,27,28,29)/t14-/m0/s1. The van der Waals surface area contributed by atoms with Crippen LogP contribution in [0.25, 0.3) is 11.4 Å². The lowest BCUT2D eigenvalue weighted by Gasteiger charge is -2.19. The first-order valence-corrected chi connectivity index (χ1v) is 10.8. The molecule has 0 unspecified atom stereocenters. The molecule has 0 aliphatic carbocycles. The topological polar surface area (TPSA) is 141 Å². The predicted octanol–water partition coefficient (Wildman–Crippen LogP) is 1.60. The first-order valence-electron chi connectivity index (χ1n) is 9.97. The molecule has 0 radical (unpaired) electrons. The molecule has 1 aliphatic rings. The normalized spacial score (nSPS) is 17.0. The van der Waals surface area contributed by atoms with E-state index in [0.29, 0.717) is 18.7 Å². The number of aryl methyl sites for hydroxylation is 2. The molecule has 3 aromatic rings. The van der Waals surface area contributed by atoms with Crippen LogP contribution in [0.4, 0.5) is 8.78 Å². The first-order chi connectivity index (χ1) is 15.8. The second-order valence-corrected chi connectivity index (χ2v) is 8.41. The van der Waals surface area contributed by atoms with Crippen LogP contribution in [-0.2, 0) is 17.6 Å². The van der Waals surface area contributed by atoms with Crippen molar-refractivity contribution in [3.05, 3.63) is 45.9 Å². The zero-order valence-electron chi connectivity index (χ0n) is 17.2. The van der Waals surface area contributed by atoms with E-state index in [2.05, 4.69) is 30.9 Å². The van der Waals surface area contributed by atoms with Crippen LogP contribution >= 0.6 is 11.3 Å². The Morgan fingerprint density at radius 2 is 2.09 bits per heavy atom. The maximum absolute atomic E-state index is 13.5. The van der Waals surface area contributed by atoms with Gasteiger partial charge in [-0.25, -0.2) is 13.8 Å². The smallest absolute Gasteiger partial charge is 0.271 e. The molecule has 1 aromatic carbocycles. The summed E-state index contributed by atoms with van der Waals surface area (Å²) in [6.07, 6.45) is 0.627. The number of alkyl halides is 2. The monoisotopic (exact) mass is 472 g/mol. The summed E-state index contributed by atoms with van der Waals surface area (Å²) in [5, 5.41) is 27.5. The lowest BCUT2D eigenvalue weighted by Crippen LogP contribution is -2.43. The Morgan fingerprint density at radius 3 is 2.79 bits per heavy atom. The lowest BCUT2D eigenvalue weighted by atomic mass is 10.1. The van der Waals surface area contributed by atoms with Gasteiger partial charge in [-0.3, -0.25) is 9.59 Å². The van der Waals surface area contributed by atoms with Crippen LogP contribution in [0.5, 0.6) is 0 Å². The fraction of sp³-hybridized carbons (Fsp3) is 0.350. The van der Waals surface area contributed by atoms with Gasteiger partial charge in [-0.15, -0.1) is 21.5 Å². The summed E-state index contributed by atoms with van der Waals surface area (Å²) in [7, 11) is 0. The number of hydrogen-bond acceptors (Lipinski definition) is 8. The third kappa shape index (κ3) is 5.35. The van der Waals surface area contributed by atoms with E-state index in [1.165, 1.54) is 11.3 Å². The van der Waals surface area contributed by atoms with Crippen molar-refractivity contribution in [2.24, 2.45) is 0 Å². The zero-order valence-corrected chi connectivity index (χ0v) is 18.0. The highest BCUT2D eigenvalue weighted by molar-refractivity contribution is 7.09. The van der Waals surface area contributed by atoms with Gasteiger partial charge in [-0.2, -0.15) is 10.5 Å². The fourth-order valence-corrected chi connectivity index (χ4v) is 4.21. The molecule has 1 atom stereocenters. The number of nitrogens with zero attached hydrogens (tertiary/aromatic N) is 6. The third-order valence-electron chi connectivity index (χ3n) is 5.11. The summed E-state index contributed by atoms with van der Waals surface area (Å²) in [6.45, 7) is -1.30. The van der Waals surface area contributed by atoms with Crippen molar-refractivity contribution in [3.63, 3.8) is 0 Å². The Kier molecular flexibility index (Phi) is 6.36. The predicted molar refractivity (Wildman–Crippen MR) is 112 cm³/mol. The van der Waals surface area contributed by atoms with Gasteiger partial charge in [0.25, 0.3) is 11.8 Å². The number of H-pyrrole nitrogens is 1. The molecule has 10 nitrogen and oxygen atoms in total. The second-order valence-electron chi connectivity index (χ2n) is 7.47. The number of likely N-dealkylation sites (tertiary alicyclic amines) is 1. The number of carbonyl (C=O) groups is 2. The minimum absolute atomic E-state index is 0.152. The van der Waals surface area contributed by atoms with Crippen LogP contribution in [0.1, 0.15) is 27.5 Å². The minimum atomic E-state index is -3.10. The number of halogens is 2. The molecule has 0 saturated carbocycles. The summed E-state index contributed by atoms with van der Waals surface area (Å²) in [6, 6.07) is 8.20. The van der Waals surface area contributed by atoms with Gasteiger partial charge in [0.05, 0.1) is 24.2 Å². The average molecular weight is 472 g/mol. The van der Waals surface area contributed by atoms with Crippen molar-refractivity contribution >= 4 is 23.2 Å². The van der Waals surface area contributed by atoms with Gasteiger partial charge in [0.1, 0.15) is 11.7 Å². The van der Waals surface area contributed by atoms with E-state index < -0.39 is 43.3 Å². The van der Waals surface area contributed by atoms with Gasteiger partial charge in [0, 0.05) is 23.8 Å². The molecule has 2 N–H and O–H groups in total. The Bertz CT molecular complexity index is 1170. The van der Waals surface area contributed by atoms with E-state index in [1.807, 2.05) is 24.3 Å². The molecule has 1 aliphatic heterocycles. The summed E-state index contributed by atoms with van der Waals surface area (Å²) < 4.78 is 27.0. The first kappa shape index (κ1) is 22.4. The number of aromatic nitrogens is 5. The van der Waals surface area contributed by atoms with Gasteiger partial charge in [-0.1, -0.05) is 24.3 Å². The number of hydrogen-bond donors (Lipinski definition) is 2. The minimum Gasteiger partial charge on any atom is -0.342 e. The van der Waals surface area contributed by atoms with E-state index in [4.69, 9.17) is 5.26 Å². The molecule has 0 spiro atoms. The van der Waals surface area contributed by atoms with Gasteiger partial charge >= 0.3 is 0 Å². The number of nitriles is 1. The summed E-state index contributed by atoms with van der Waals surface area (Å²) in [5.41, 5.74) is 2.07. The molecule has 170 valence electrons. The molecule has 13 heteroatoms. The van der Waals surface area contributed by atoms with E-state index >= 15 is 0 Å². The van der Waals surface area contributed by atoms with Crippen LogP contribution in [0.3, 0.4) is 0 Å². The Balaban J connectivity index is 1.27. The largest absolute Gasteiger partial charge is 0.342 e. The number of nitrogens with one attached hydrogen (secondary N) is 2. The van der Waals surface area contributed by atoms with E-state index in [1.54, 1.807) is 11.4 Å². The maximum Gasteiger partial charge on any atom is 0.271 e. The lowest BCUT2D eigenvalue weighted by molar-refractivity contribution is -0.131. The van der Waals surface area contributed by atoms with Gasteiger partial charge in [-0.05, 0) is 17.2 Å². The van der Waals surface area contributed by atoms with Crippen LogP contribution in [-0.4, -0.2) is 67.4 Å². The van der Waals surface area contributed by atoms with Gasteiger partial charge < -0.3 is 10.2 Å². The molecule has 1 fully saturated rings. The number of tetrazole rings is 1. The SMILES string of the molecule is N#C[C@@H]1CC(F)(F)CN1C(=O)CNC(=O)c1csc(CCc2ccc(-c3nn[nH]n3)cc2)n1. The Morgan fingerprint density at radius 1 is 1.30 bits per heavy atom. The molecular weight excluding hydrogens is 454 g/mol. The fourth-order valence-electron chi connectivity index (χ4n) is 3.43. The van der Waals surface area contributed by atoms with Crippen LogP contribution < -0.4 is 5.32 Å². The van der Waals surface area contributed by atoms with Crippen LogP contribution in [0, 0.1) is 11.3 Å². The third-order valence-corrected chi connectivity index (χ3v) is 6.02. The van der Waals surface area contributed by atoms with Crippen molar-refractivity contribution in [2.75, 3.05) is 13.1 Å². The van der Waals surface area contributed by atoms with Crippen molar-refractivity contribution in [2.45, 2.75) is 31.2 Å². The highest BCUT2D eigenvalue weighted by atomic mass is 32.1. The molecule has 33 heavy (non-hydrogen) atoms. The zero-order chi connectivity index (χ0) is 23.4. The van der Waals surface area contributed by atoms with Crippen molar-refractivity contribution < 1.29 is 18.4 Å². The highest BCUT2D eigenvalue weighted by Crippen LogP contribution is 2.31. The van der Waals surface area contributed by atoms with E-state index in [9.17, 15) is 18.4 Å². The van der Waals surface area contributed by atoms with Crippen molar-refractivity contribution in [1.82, 2.24) is 35.8 Å². The maximum atomic E-state index is 13.5. The summed E-state index contributed by atoms with van der Waals surface area (Å²) in [4.78, 5) is 29.6. The highest BCUT2D eigenvalue weighted by Gasteiger charge is 2.47. The van der Waals surface area contributed by atoms with Crippen molar-refractivity contribution in [3.8, 4) is 17.5 Å². The Hall–Kier alpha value is -3.79. The molecule has 2 amide bonds. The second kappa shape index (κ2) is 9.37. The molecule has 4 rings (SSSR count).